The summed E-state index contributed by atoms with van der Waals surface area (Å²) in [6.07, 6.45) is 3.33. The molecule has 1 aliphatic carbocycles. The Labute approximate surface area is 117 Å². The van der Waals surface area contributed by atoms with Crippen LogP contribution in [0.1, 0.15) is 50.2 Å². The molecule has 0 aromatic heterocycles. The Kier molecular flexibility index (Phi) is 5.00. The fourth-order valence-electron chi connectivity index (χ4n) is 2.92. The van der Waals surface area contributed by atoms with E-state index in [2.05, 4.69) is 50.4 Å². The Morgan fingerprint density at radius 2 is 1.84 bits per heavy atom. The van der Waals surface area contributed by atoms with E-state index in [1.54, 1.807) is 0 Å². The lowest BCUT2D eigenvalue weighted by Crippen LogP contribution is -2.47. The van der Waals surface area contributed by atoms with Gasteiger partial charge in [0.1, 0.15) is 0 Å². The highest BCUT2D eigenvalue weighted by Crippen LogP contribution is 2.37. The van der Waals surface area contributed by atoms with Crippen molar-refractivity contribution in [3.63, 3.8) is 0 Å². The van der Waals surface area contributed by atoms with Crippen LogP contribution in [0.3, 0.4) is 0 Å². The van der Waals surface area contributed by atoms with Crippen LogP contribution in [0.4, 0.5) is 0 Å². The van der Waals surface area contributed by atoms with Crippen LogP contribution in [-0.4, -0.2) is 23.8 Å². The van der Waals surface area contributed by atoms with Crippen LogP contribution in [0.15, 0.2) is 24.3 Å². The van der Waals surface area contributed by atoms with Crippen LogP contribution in [0, 0.1) is 12.8 Å². The highest BCUT2D eigenvalue weighted by atomic mass is 16.3. The van der Waals surface area contributed by atoms with E-state index >= 15 is 0 Å². The van der Waals surface area contributed by atoms with E-state index in [0.717, 1.165) is 12.3 Å². The summed E-state index contributed by atoms with van der Waals surface area (Å²) in [5.41, 5.74) is 2.81. The smallest absolute Gasteiger partial charge is 0.0445 e. The molecule has 2 N–H and O–H groups in total. The first-order valence-corrected chi connectivity index (χ1v) is 7.53. The number of nitrogens with one attached hydrogen (secondary N) is 1. The molecule has 106 valence electrons. The molecule has 1 unspecified atom stereocenters. The zero-order valence-corrected chi connectivity index (χ0v) is 12.4. The molecule has 1 saturated carbocycles. The van der Waals surface area contributed by atoms with Gasteiger partial charge < -0.3 is 10.4 Å². The summed E-state index contributed by atoms with van der Waals surface area (Å²) in [5, 5.41) is 12.8. The van der Waals surface area contributed by atoms with Crippen molar-refractivity contribution in [1.29, 1.82) is 0 Å². The molecule has 0 aliphatic heterocycles. The highest BCUT2D eigenvalue weighted by Gasteiger charge is 2.31. The third kappa shape index (κ3) is 3.80. The van der Waals surface area contributed by atoms with Crippen LogP contribution in [0.25, 0.3) is 0 Å². The van der Waals surface area contributed by atoms with Crippen molar-refractivity contribution in [3.05, 3.63) is 35.4 Å². The summed E-state index contributed by atoms with van der Waals surface area (Å²) in [7, 11) is 0. The third-order valence-electron chi connectivity index (χ3n) is 4.38. The first-order valence-electron chi connectivity index (χ1n) is 7.53. The van der Waals surface area contributed by atoms with Gasteiger partial charge in [-0.05, 0) is 43.6 Å². The molecule has 1 aliphatic rings. The molecule has 19 heavy (non-hydrogen) atoms. The second-order valence-corrected chi connectivity index (χ2v) is 6.31. The molecule has 1 atom stereocenters. The number of benzene rings is 1. The first-order chi connectivity index (χ1) is 9.10. The standard InChI is InChI=1S/C17H27NO/c1-12(2)17(8-9-19)18-16-10-15(11-16)14-6-4-13(3)5-7-14/h4-7,12,15-19H,8-11H2,1-3H3. The summed E-state index contributed by atoms with van der Waals surface area (Å²) in [6, 6.07) is 10.0. The largest absolute Gasteiger partial charge is 0.396 e. The minimum atomic E-state index is 0.282. The van der Waals surface area contributed by atoms with Gasteiger partial charge in [0.2, 0.25) is 0 Å². The maximum atomic E-state index is 9.11. The maximum Gasteiger partial charge on any atom is 0.0445 e. The van der Waals surface area contributed by atoms with E-state index in [-0.39, 0.29) is 6.61 Å². The van der Waals surface area contributed by atoms with Crippen molar-refractivity contribution in [3.8, 4) is 0 Å². The Hall–Kier alpha value is -0.860. The van der Waals surface area contributed by atoms with E-state index < -0.39 is 0 Å². The predicted octanol–water partition coefficient (Wildman–Crippen LogP) is 3.24. The average molecular weight is 261 g/mol. The molecule has 2 rings (SSSR count). The van der Waals surface area contributed by atoms with E-state index in [1.165, 1.54) is 24.0 Å². The SMILES string of the molecule is Cc1ccc(C2CC(NC(CCO)C(C)C)C2)cc1. The van der Waals surface area contributed by atoms with Crippen LogP contribution in [0.2, 0.25) is 0 Å². The van der Waals surface area contributed by atoms with Crippen molar-refractivity contribution >= 4 is 0 Å². The predicted molar refractivity (Wildman–Crippen MR) is 80.4 cm³/mol. The number of aliphatic hydroxyl groups excluding tert-OH is 1. The van der Waals surface area contributed by atoms with Crippen LogP contribution in [-0.2, 0) is 0 Å². The minimum absolute atomic E-state index is 0.282. The van der Waals surface area contributed by atoms with E-state index in [0.29, 0.717) is 18.0 Å². The topological polar surface area (TPSA) is 32.3 Å². The summed E-state index contributed by atoms with van der Waals surface area (Å²) in [4.78, 5) is 0. The molecule has 0 radical (unpaired) electrons. The fourth-order valence-corrected chi connectivity index (χ4v) is 2.92. The normalized spacial score (nSPS) is 24.3. The molecule has 0 amide bonds. The number of hydrogen-bond donors (Lipinski definition) is 2. The number of hydrogen-bond acceptors (Lipinski definition) is 2. The molecule has 2 heteroatoms. The summed E-state index contributed by atoms with van der Waals surface area (Å²) >= 11 is 0. The van der Waals surface area contributed by atoms with Crippen LogP contribution in [0.5, 0.6) is 0 Å². The van der Waals surface area contributed by atoms with Crippen LogP contribution < -0.4 is 5.32 Å². The monoisotopic (exact) mass is 261 g/mol. The van der Waals surface area contributed by atoms with Gasteiger partial charge in [-0.3, -0.25) is 0 Å². The molecule has 0 spiro atoms. The first kappa shape index (κ1) is 14.5. The molecule has 1 fully saturated rings. The van der Waals surface area contributed by atoms with Gasteiger partial charge in [-0.25, -0.2) is 0 Å². The quantitative estimate of drug-likeness (QED) is 0.824. The van der Waals surface area contributed by atoms with Crippen molar-refractivity contribution < 1.29 is 5.11 Å². The molecule has 1 aromatic carbocycles. The zero-order valence-electron chi connectivity index (χ0n) is 12.4. The molecule has 0 saturated heterocycles. The molecular formula is C17H27NO. The van der Waals surface area contributed by atoms with Gasteiger partial charge in [0.15, 0.2) is 0 Å². The second kappa shape index (κ2) is 6.53. The Bertz CT molecular complexity index is 379. The minimum Gasteiger partial charge on any atom is -0.396 e. The maximum absolute atomic E-state index is 9.11. The van der Waals surface area contributed by atoms with Crippen molar-refractivity contribution in [1.82, 2.24) is 5.32 Å². The van der Waals surface area contributed by atoms with Crippen molar-refractivity contribution in [2.75, 3.05) is 6.61 Å². The molecule has 1 aromatic rings. The Morgan fingerprint density at radius 1 is 1.21 bits per heavy atom. The van der Waals surface area contributed by atoms with Crippen molar-refractivity contribution in [2.45, 2.75) is 58.0 Å². The number of aryl methyl sites for hydroxylation is 1. The second-order valence-electron chi connectivity index (χ2n) is 6.31. The molecule has 2 nitrogen and oxygen atoms in total. The van der Waals surface area contributed by atoms with Gasteiger partial charge in [0, 0.05) is 18.7 Å². The van der Waals surface area contributed by atoms with Crippen LogP contribution >= 0.6 is 0 Å². The van der Waals surface area contributed by atoms with Gasteiger partial charge in [0.05, 0.1) is 0 Å². The van der Waals surface area contributed by atoms with E-state index in [1.807, 2.05) is 0 Å². The Morgan fingerprint density at radius 3 is 2.37 bits per heavy atom. The molecular weight excluding hydrogens is 234 g/mol. The van der Waals surface area contributed by atoms with Gasteiger partial charge >= 0.3 is 0 Å². The Balaban J connectivity index is 1.80. The summed E-state index contributed by atoms with van der Waals surface area (Å²) < 4.78 is 0. The fraction of sp³-hybridized carbons (Fsp3) is 0.647. The molecule has 0 heterocycles. The summed E-state index contributed by atoms with van der Waals surface area (Å²) in [5.74, 6) is 1.31. The van der Waals surface area contributed by atoms with E-state index in [9.17, 15) is 0 Å². The van der Waals surface area contributed by atoms with Gasteiger partial charge in [-0.2, -0.15) is 0 Å². The highest BCUT2D eigenvalue weighted by molar-refractivity contribution is 5.26. The average Bonchev–Trinajstić information content (AvgIpc) is 2.33. The lowest BCUT2D eigenvalue weighted by Gasteiger charge is -2.39. The summed E-state index contributed by atoms with van der Waals surface area (Å²) in [6.45, 7) is 6.87. The lowest BCUT2D eigenvalue weighted by molar-refractivity contribution is 0.199. The lowest BCUT2D eigenvalue weighted by atomic mass is 9.75. The van der Waals surface area contributed by atoms with E-state index in [4.69, 9.17) is 5.11 Å². The van der Waals surface area contributed by atoms with Gasteiger partial charge in [-0.15, -0.1) is 0 Å². The van der Waals surface area contributed by atoms with Gasteiger partial charge in [0.25, 0.3) is 0 Å². The zero-order chi connectivity index (χ0) is 13.8. The van der Waals surface area contributed by atoms with Gasteiger partial charge in [-0.1, -0.05) is 43.7 Å². The number of aliphatic hydroxyl groups is 1. The van der Waals surface area contributed by atoms with Crippen molar-refractivity contribution in [2.24, 2.45) is 5.92 Å². The third-order valence-corrected chi connectivity index (χ3v) is 4.38. The molecule has 0 bridgehead atoms. The number of rotatable bonds is 6.